The number of guanidine groups is 1. The molecule has 0 bridgehead atoms. The number of halogens is 1. The Labute approximate surface area is 151 Å². The summed E-state index contributed by atoms with van der Waals surface area (Å²) in [6.07, 6.45) is 0.882. The van der Waals surface area contributed by atoms with E-state index in [1.165, 1.54) is 4.90 Å². The highest BCUT2D eigenvalue weighted by Gasteiger charge is 2.21. The van der Waals surface area contributed by atoms with Gasteiger partial charge in [0.25, 0.3) is 0 Å². The van der Waals surface area contributed by atoms with E-state index in [1.807, 2.05) is 42.5 Å². The molecule has 1 atom stereocenters. The third-order valence-corrected chi connectivity index (χ3v) is 4.98. The average molecular weight is 362 g/mol. The second-order valence-corrected chi connectivity index (χ2v) is 7.05. The van der Waals surface area contributed by atoms with Crippen LogP contribution in [0.3, 0.4) is 0 Å². The molecule has 126 valence electrons. The number of hydrogen-bond acceptors (Lipinski definition) is 3. The zero-order valence-corrected chi connectivity index (χ0v) is 14.8. The summed E-state index contributed by atoms with van der Waals surface area (Å²) in [5.41, 5.74) is 7.17. The monoisotopic (exact) mass is 361 g/mol. The highest BCUT2D eigenvalue weighted by Crippen LogP contribution is 2.31. The van der Waals surface area contributed by atoms with Crippen LogP contribution in [0.2, 0.25) is 5.02 Å². The fourth-order valence-corrected chi connectivity index (χ4v) is 3.45. The van der Waals surface area contributed by atoms with Gasteiger partial charge in [0.15, 0.2) is 5.96 Å². The molecule has 4 nitrogen and oxygen atoms in total. The normalized spacial score (nSPS) is 17.0. The van der Waals surface area contributed by atoms with Crippen molar-refractivity contribution in [2.24, 2.45) is 10.7 Å². The molecule has 24 heavy (non-hydrogen) atoms. The van der Waals surface area contributed by atoms with E-state index in [0.29, 0.717) is 19.1 Å². The van der Waals surface area contributed by atoms with Gasteiger partial charge in [-0.15, -0.1) is 11.8 Å². The SMILES string of the molecule is NC(=NCCSc1ccc(Cl)cc1)NC1CCOc2ccccc21. The van der Waals surface area contributed by atoms with E-state index in [4.69, 9.17) is 22.1 Å². The van der Waals surface area contributed by atoms with E-state index in [2.05, 4.69) is 16.4 Å². The lowest BCUT2D eigenvalue weighted by Gasteiger charge is -2.26. The molecule has 3 N–H and O–H groups in total. The van der Waals surface area contributed by atoms with Crippen LogP contribution in [0.25, 0.3) is 0 Å². The molecule has 2 aromatic rings. The third-order valence-electron chi connectivity index (χ3n) is 3.74. The quantitative estimate of drug-likeness (QED) is 0.367. The van der Waals surface area contributed by atoms with Crippen LogP contribution in [0.1, 0.15) is 18.0 Å². The van der Waals surface area contributed by atoms with Gasteiger partial charge in [0.1, 0.15) is 5.75 Å². The molecule has 3 rings (SSSR count). The van der Waals surface area contributed by atoms with E-state index in [1.54, 1.807) is 11.8 Å². The van der Waals surface area contributed by atoms with Crippen LogP contribution in [0.4, 0.5) is 0 Å². The van der Waals surface area contributed by atoms with E-state index in [0.717, 1.165) is 28.5 Å². The van der Waals surface area contributed by atoms with Gasteiger partial charge in [-0.3, -0.25) is 4.99 Å². The summed E-state index contributed by atoms with van der Waals surface area (Å²) in [4.78, 5) is 5.60. The van der Waals surface area contributed by atoms with E-state index in [9.17, 15) is 0 Å². The Balaban J connectivity index is 1.49. The summed E-state index contributed by atoms with van der Waals surface area (Å²) in [7, 11) is 0. The molecule has 2 aromatic carbocycles. The van der Waals surface area contributed by atoms with Gasteiger partial charge in [-0.25, -0.2) is 0 Å². The summed E-state index contributed by atoms with van der Waals surface area (Å²) in [6, 6.07) is 16.0. The molecule has 6 heteroatoms. The molecule has 1 heterocycles. The Hall–Kier alpha value is -1.85. The van der Waals surface area contributed by atoms with Crippen LogP contribution in [0.5, 0.6) is 5.75 Å². The van der Waals surface area contributed by atoms with Crippen LogP contribution in [0.15, 0.2) is 58.4 Å². The van der Waals surface area contributed by atoms with E-state index in [-0.39, 0.29) is 6.04 Å². The van der Waals surface area contributed by atoms with Crippen molar-refractivity contribution in [1.29, 1.82) is 0 Å². The van der Waals surface area contributed by atoms with Crippen LogP contribution >= 0.6 is 23.4 Å². The second kappa shape index (κ2) is 8.31. The van der Waals surface area contributed by atoms with Crippen molar-refractivity contribution in [2.45, 2.75) is 17.4 Å². The predicted molar refractivity (Wildman–Crippen MR) is 101 cm³/mol. The minimum absolute atomic E-state index is 0.155. The lowest BCUT2D eigenvalue weighted by Crippen LogP contribution is -2.37. The number of thioether (sulfide) groups is 1. The summed E-state index contributed by atoms with van der Waals surface area (Å²) in [5.74, 6) is 2.27. The van der Waals surface area contributed by atoms with Gasteiger partial charge in [-0.1, -0.05) is 29.8 Å². The number of rotatable bonds is 5. The molecule has 1 aliphatic heterocycles. The Bertz CT molecular complexity index is 706. The number of hydrogen-bond donors (Lipinski definition) is 2. The number of benzene rings is 2. The highest BCUT2D eigenvalue weighted by molar-refractivity contribution is 7.99. The number of nitrogens with two attached hydrogens (primary N) is 1. The van der Waals surface area contributed by atoms with E-state index < -0.39 is 0 Å². The zero-order chi connectivity index (χ0) is 16.8. The molecular weight excluding hydrogens is 342 g/mol. The van der Waals surface area contributed by atoms with Crippen molar-refractivity contribution >= 4 is 29.3 Å². The lowest BCUT2D eigenvalue weighted by molar-refractivity contribution is 0.262. The Morgan fingerprint density at radius 1 is 1.25 bits per heavy atom. The third kappa shape index (κ3) is 4.58. The number of ether oxygens (including phenoxy) is 1. The predicted octanol–water partition coefficient (Wildman–Crippen LogP) is 3.86. The molecule has 0 amide bonds. The second-order valence-electron chi connectivity index (χ2n) is 5.44. The van der Waals surface area contributed by atoms with Gasteiger partial charge in [-0.2, -0.15) is 0 Å². The maximum atomic E-state index is 6.03. The molecule has 1 unspecified atom stereocenters. The minimum atomic E-state index is 0.155. The maximum Gasteiger partial charge on any atom is 0.189 e. The minimum Gasteiger partial charge on any atom is -0.493 e. The van der Waals surface area contributed by atoms with Crippen molar-refractivity contribution in [3.63, 3.8) is 0 Å². The van der Waals surface area contributed by atoms with Crippen molar-refractivity contribution in [3.05, 3.63) is 59.1 Å². The summed E-state index contributed by atoms with van der Waals surface area (Å²) < 4.78 is 5.66. The van der Waals surface area contributed by atoms with E-state index >= 15 is 0 Å². The van der Waals surface area contributed by atoms with Gasteiger partial charge in [0.2, 0.25) is 0 Å². The average Bonchev–Trinajstić information content (AvgIpc) is 2.61. The fourth-order valence-electron chi connectivity index (χ4n) is 2.58. The highest BCUT2D eigenvalue weighted by atomic mass is 35.5. The molecule has 0 saturated heterocycles. The van der Waals surface area contributed by atoms with Crippen molar-refractivity contribution in [3.8, 4) is 5.75 Å². The molecule has 0 fully saturated rings. The van der Waals surface area contributed by atoms with Crippen molar-refractivity contribution in [1.82, 2.24) is 5.32 Å². The summed E-state index contributed by atoms with van der Waals surface area (Å²) in [5, 5.41) is 4.05. The van der Waals surface area contributed by atoms with Crippen LogP contribution in [-0.2, 0) is 0 Å². The number of aliphatic imine (C=N–C) groups is 1. The topological polar surface area (TPSA) is 59.6 Å². The largest absolute Gasteiger partial charge is 0.493 e. The number of para-hydroxylation sites is 1. The number of nitrogens with zero attached hydrogens (tertiary/aromatic N) is 1. The first-order chi connectivity index (χ1) is 11.7. The lowest BCUT2D eigenvalue weighted by atomic mass is 10.0. The summed E-state index contributed by atoms with van der Waals surface area (Å²) >= 11 is 7.61. The molecule has 0 aliphatic carbocycles. The Morgan fingerprint density at radius 2 is 2.04 bits per heavy atom. The zero-order valence-electron chi connectivity index (χ0n) is 13.2. The number of fused-ring (bicyclic) bond motifs is 1. The van der Waals surface area contributed by atoms with Crippen LogP contribution < -0.4 is 15.8 Å². The first kappa shape index (κ1) is 17.0. The van der Waals surface area contributed by atoms with Gasteiger partial charge < -0.3 is 15.8 Å². The molecule has 0 saturated carbocycles. The van der Waals surface area contributed by atoms with Crippen molar-refractivity contribution in [2.75, 3.05) is 18.9 Å². The van der Waals surface area contributed by atoms with Gasteiger partial charge in [-0.05, 0) is 30.3 Å². The standard InChI is InChI=1S/C18H20ClN3OS/c19-13-5-7-14(8-6-13)24-12-10-21-18(20)22-16-9-11-23-17-4-2-1-3-15(16)17/h1-8,16H,9-12H2,(H3,20,21,22). The smallest absolute Gasteiger partial charge is 0.189 e. The maximum absolute atomic E-state index is 6.03. The Morgan fingerprint density at radius 3 is 2.88 bits per heavy atom. The van der Waals surface area contributed by atoms with Crippen LogP contribution in [0, 0.1) is 0 Å². The van der Waals surface area contributed by atoms with Crippen LogP contribution in [-0.4, -0.2) is 24.9 Å². The Kier molecular flexibility index (Phi) is 5.88. The number of nitrogens with one attached hydrogen (secondary N) is 1. The molecule has 0 radical (unpaired) electrons. The molecule has 0 spiro atoms. The fraction of sp³-hybridized carbons (Fsp3) is 0.278. The van der Waals surface area contributed by atoms with Gasteiger partial charge in [0, 0.05) is 27.7 Å². The first-order valence-electron chi connectivity index (χ1n) is 7.89. The molecule has 1 aliphatic rings. The molecule has 0 aromatic heterocycles. The molecular formula is C18H20ClN3OS. The van der Waals surface area contributed by atoms with Gasteiger partial charge in [0.05, 0.1) is 19.2 Å². The first-order valence-corrected chi connectivity index (χ1v) is 9.25. The summed E-state index contributed by atoms with van der Waals surface area (Å²) in [6.45, 7) is 1.35. The van der Waals surface area contributed by atoms with Crippen molar-refractivity contribution < 1.29 is 4.74 Å². The van der Waals surface area contributed by atoms with Gasteiger partial charge >= 0.3 is 0 Å².